The van der Waals surface area contributed by atoms with Gasteiger partial charge in [-0.15, -0.1) is 12.4 Å². The predicted molar refractivity (Wildman–Crippen MR) is 97.6 cm³/mol. The minimum Gasteiger partial charge on any atom is -0.482 e. The van der Waals surface area contributed by atoms with E-state index in [4.69, 9.17) is 10.5 Å². The van der Waals surface area contributed by atoms with Gasteiger partial charge in [0, 0.05) is 11.0 Å². The Morgan fingerprint density at radius 3 is 2.83 bits per heavy atom. The number of nitrogens with zero attached hydrogens (tertiary/aromatic N) is 1. The molecule has 0 radical (unpaired) electrons. The van der Waals surface area contributed by atoms with Crippen LogP contribution in [0.2, 0.25) is 0 Å². The zero-order valence-corrected chi connectivity index (χ0v) is 15.8. The topological polar surface area (TPSA) is 84.7 Å². The molecule has 0 saturated heterocycles. The summed E-state index contributed by atoms with van der Waals surface area (Å²) in [6.45, 7) is 2.27. The molecule has 8 heteroatoms. The summed E-state index contributed by atoms with van der Waals surface area (Å²) in [6, 6.07) is 5.38. The molecule has 24 heavy (non-hydrogen) atoms. The maximum absolute atomic E-state index is 12.4. The molecule has 0 spiro atoms. The lowest BCUT2D eigenvalue weighted by molar-refractivity contribution is -0.126. The Hall–Kier alpha value is -1.31. The first-order valence-electron chi connectivity index (χ1n) is 7.67. The lowest BCUT2D eigenvalue weighted by atomic mass is 9.96. The van der Waals surface area contributed by atoms with Gasteiger partial charge in [-0.1, -0.05) is 15.9 Å². The maximum Gasteiger partial charge on any atom is 0.265 e. The maximum atomic E-state index is 12.4. The molecule has 3 N–H and O–H groups in total. The van der Waals surface area contributed by atoms with Crippen LogP contribution in [-0.2, 0) is 9.59 Å². The lowest BCUT2D eigenvalue weighted by Crippen LogP contribution is -2.56. The highest BCUT2D eigenvalue weighted by Gasteiger charge is 2.42. The average Bonchev–Trinajstić information content (AvgIpc) is 3.35. The number of nitrogens with two attached hydrogens (primary N) is 1. The van der Waals surface area contributed by atoms with Crippen molar-refractivity contribution in [1.82, 2.24) is 5.32 Å². The van der Waals surface area contributed by atoms with Crippen molar-refractivity contribution >= 4 is 45.8 Å². The predicted octanol–water partition coefficient (Wildman–Crippen LogP) is 1.84. The smallest absolute Gasteiger partial charge is 0.265 e. The molecule has 1 saturated carbocycles. The van der Waals surface area contributed by atoms with Gasteiger partial charge in [-0.2, -0.15) is 0 Å². The van der Waals surface area contributed by atoms with Crippen LogP contribution < -0.4 is 20.7 Å². The molecule has 1 aliphatic heterocycles. The van der Waals surface area contributed by atoms with Gasteiger partial charge in [0.05, 0.1) is 11.2 Å². The minimum atomic E-state index is -0.394. The normalized spacial score (nSPS) is 18.8. The van der Waals surface area contributed by atoms with Crippen molar-refractivity contribution in [3.8, 4) is 5.75 Å². The summed E-state index contributed by atoms with van der Waals surface area (Å²) in [6.07, 6.45) is 2.17. The van der Waals surface area contributed by atoms with Crippen molar-refractivity contribution in [2.75, 3.05) is 24.6 Å². The van der Waals surface area contributed by atoms with Crippen molar-refractivity contribution in [1.29, 1.82) is 0 Å². The number of fused-ring (bicyclic) bond motifs is 1. The SMILES string of the molecule is CC(CN)(NC(=O)CN1C(=O)COc2cc(Br)ccc21)C1CC1.Cl. The molecule has 1 atom stereocenters. The third-order valence-electron chi connectivity index (χ3n) is 4.49. The first-order valence-corrected chi connectivity index (χ1v) is 8.46. The molecule has 1 heterocycles. The summed E-state index contributed by atoms with van der Waals surface area (Å²) in [4.78, 5) is 26.0. The first-order chi connectivity index (χ1) is 10.9. The second-order valence-corrected chi connectivity index (χ2v) is 7.24. The van der Waals surface area contributed by atoms with Crippen LogP contribution in [0.3, 0.4) is 0 Å². The molecular weight excluding hydrogens is 398 g/mol. The van der Waals surface area contributed by atoms with Crippen LogP contribution in [0.15, 0.2) is 22.7 Å². The Kier molecular flexibility index (Phi) is 5.78. The van der Waals surface area contributed by atoms with E-state index in [0.717, 1.165) is 17.3 Å². The summed E-state index contributed by atoms with van der Waals surface area (Å²) in [5, 5.41) is 3.01. The largest absolute Gasteiger partial charge is 0.482 e. The number of halogens is 2. The lowest BCUT2D eigenvalue weighted by Gasteiger charge is -2.33. The van der Waals surface area contributed by atoms with E-state index in [1.165, 1.54) is 4.90 Å². The standard InChI is InChI=1S/C16H20BrN3O3.ClH/c1-16(9-18,10-2-3-10)19-14(21)7-20-12-5-4-11(17)6-13(12)23-8-15(20)22;/h4-6,10H,2-3,7-9,18H2,1H3,(H,19,21);1H. The van der Waals surface area contributed by atoms with Gasteiger partial charge in [0.15, 0.2) is 6.61 Å². The van der Waals surface area contributed by atoms with Crippen molar-refractivity contribution in [3.05, 3.63) is 22.7 Å². The van der Waals surface area contributed by atoms with Crippen molar-refractivity contribution < 1.29 is 14.3 Å². The zero-order chi connectivity index (χ0) is 16.6. The van der Waals surface area contributed by atoms with E-state index in [-0.39, 0.29) is 37.4 Å². The van der Waals surface area contributed by atoms with E-state index >= 15 is 0 Å². The molecule has 132 valence electrons. The Morgan fingerprint density at radius 2 is 2.21 bits per heavy atom. The van der Waals surface area contributed by atoms with E-state index in [9.17, 15) is 9.59 Å². The van der Waals surface area contributed by atoms with E-state index in [1.807, 2.05) is 13.0 Å². The summed E-state index contributed by atoms with van der Waals surface area (Å²) in [7, 11) is 0. The Balaban J connectivity index is 0.00000208. The fraction of sp³-hybridized carbons (Fsp3) is 0.500. The summed E-state index contributed by atoms with van der Waals surface area (Å²) in [5.41, 5.74) is 6.05. The molecule has 1 fully saturated rings. The molecule has 1 aromatic carbocycles. The van der Waals surface area contributed by atoms with Gasteiger partial charge in [0.1, 0.15) is 12.3 Å². The molecule has 6 nitrogen and oxygen atoms in total. The Bertz CT molecular complexity index is 653. The number of nitrogens with one attached hydrogen (secondary N) is 1. The number of benzene rings is 1. The van der Waals surface area contributed by atoms with Gasteiger partial charge in [0.25, 0.3) is 5.91 Å². The molecule has 0 bridgehead atoms. The van der Waals surface area contributed by atoms with Crippen LogP contribution in [0.4, 0.5) is 5.69 Å². The van der Waals surface area contributed by atoms with Crippen molar-refractivity contribution in [2.45, 2.75) is 25.3 Å². The highest BCUT2D eigenvalue weighted by atomic mass is 79.9. The van der Waals surface area contributed by atoms with Crippen molar-refractivity contribution in [2.24, 2.45) is 11.7 Å². The number of carbonyl (C=O) groups is 2. The van der Waals surface area contributed by atoms with E-state index < -0.39 is 5.54 Å². The van der Waals surface area contributed by atoms with Crippen LogP contribution in [0.25, 0.3) is 0 Å². The fourth-order valence-corrected chi connectivity index (χ4v) is 3.23. The van der Waals surface area contributed by atoms with Crippen LogP contribution in [0.5, 0.6) is 5.75 Å². The molecule has 1 unspecified atom stereocenters. The number of anilines is 1. The summed E-state index contributed by atoms with van der Waals surface area (Å²) >= 11 is 3.37. The van der Waals surface area contributed by atoms with Gasteiger partial charge < -0.3 is 15.8 Å². The molecule has 1 aromatic rings. The van der Waals surface area contributed by atoms with Crippen LogP contribution in [0.1, 0.15) is 19.8 Å². The monoisotopic (exact) mass is 417 g/mol. The summed E-state index contributed by atoms with van der Waals surface area (Å²) in [5.74, 6) is 0.598. The average molecular weight is 419 g/mol. The second-order valence-electron chi connectivity index (χ2n) is 6.32. The zero-order valence-electron chi connectivity index (χ0n) is 13.4. The van der Waals surface area contributed by atoms with Crippen LogP contribution in [-0.4, -0.2) is 37.0 Å². The third kappa shape index (κ3) is 3.84. The highest BCUT2D eigenvalue weighted by Crippen LogP contribution is 2.39. The van der Waals surface area contributed by atoms with Gasteiger partial charge in [0.2, 0.25) is 5.91 Å². The molecular formula is C16H21BrClN3O3. The molecule has 2 amide bonds. The number of hydrogen-bond acceptors (Lipinski definition) is 4. The molecule has 1 aliphatic carbocycles. The number of hydrogen-bond donors (Lipinski definition) is 2. The number of carbonyl (C=O) groups excluding carboxylic acids is 2. The van der Waals surface area contributed by atoms with E-state index in [1.54, 1.807) is 12.1 Å². The molecule has 0 aromatic heterocycles. The Morgan fingerprint density at radius 1 is 1.50 bits per heavy atom. The third-order valence-corrected chi connectivity index (χ3v) is 4.99. The number of ether oxygens (including phenoxy) is 1. The quantitative estimate of drug-likeness (QED) is 0.764. The minimum absolute atomic E-state index is 0. The van der Waals surface area contributed by atoms with Crippen LogP contribution >= 0.6 is 28.3 Å². The fourth-order valence-electron chi connectivity index (χ4n) is 2.89. The highest BCUT2D eigenvalue weighted by molar-refractivity contribution is 9.10. The second kappa shape index (κ2) is 7.29. The Labute approximate surface area is 155 Å². The van der Waals surface area contributed by atoms with Gasteiger partial charge >= 0.3 is 0 Å². The van der Waals surface area contributed by atoms with E-state index in [0.29, 0.717) is 23.9 Å². The van der Waals surface area contributed by atoms with Crippen LogP contribution in [0, 0.1) is 5.92 Å². The van der Waals surface area contributed by atoms with Gasteiger partial charge in [-0.25, -0.2) is 0 Å². The van der Waals surface area contributed by atoms with E-state index in [2.05, 4.69) is 21.2 Å². The van der Waals surface area contributed by atoms with Gasteiger partial charge in [-0.3, -0.25) is 14.5 Å². The van der Waals surface area contributed by atoms with Gasteiger partial charge in [-0.05, 0) is 43.9 Å². The first kappa shape index (κ1) is 19.0. The summed E-state index contributed by atoms with van der Waals surface area (Å²) < 4.78 is 6.29. The van der Waals surface area contributed by atoms with Crippen molar-refractivity contribution in [3.63, 3.8) is 0 Å². The molecule has 3 rings (SSSR count). The number of amides is 2. The number of rotatable bonds is 5. The molecule has 2 aliphatic rings.